The minimum Gasteiger partial charge on any atom is -0.391 e. The molecule has 0 aliphatic carbocycles. The largest absolute Gasteiger partial charge is 0.391 e. The number of amides is 2. The molecular formula is C17H25N3O4. The summed E-state index contributed by atoms with van der Waals surface area (Å²) in [6.45, 7) is 7.20. The Bertz CT molecular complexity index is 618. The van der Waals surface area contributed by atoms with E-state index < -0.39 is 11.6 Å². The number of aromatic nitrogens is 1. The van der Waals surface area contributed by atoms with Crippen LogP contribution in [0, 0.1) is 5.41 Å². The summed E-state index contributed by atoms with van der Waals surface area (Å²) >= 11 is 0. The van der Waals surface area contributed by atoms with Crippen LogP contribution in [-0.4, -0.2) is 63.2 Å². The maximum absolute atomic E-state index is 12.4. The van der Waals surface area contributed by atoms with Gasteiger partial charge in [-0.25, -0.2) is 0 Å². The molecule has 1 aromatic rings. The molecule has 0 radical (unpaired) electrons. The molecule has 0 aromatic carbocycles. The maximum Gasteiger partial charge on any atom is 0.292 e. The van der Waals surface area contributed by atoms with Crippen molar-refractivity contribution < 1.29 is 19.2 Å². The van der Waals surface area contributed by atoms with E-state index in [0.29, 0.717) is 26.1 Å². The van der Waals surface area contributed by atoms with E-state index in [4.69, 9.17) is 4.52 Å². The maximum atomic E-state index is 12.4. The average molecular weight is 335 g/mol. The molecule has 2 aliphatic heterocycles. The Morgan fingerprint density at radius 2 is 2.00 bits per heavy atom. The van der Waals surface area contributed by atoms with Gasteiger partial charge in [0.15, 0.2) is 0 Å². The number of rotatable bonds is 1. The lowest BCUT2D eigenvalue weighted by Gasteiger charge is -2.55. The van der Waals surface area contributed by atoms with Crippen LogP contribution in [0.1, 0.15) is 50.6 Å². The number of piperidine rings is 2. The zero-order valence-electron chi connectivity index (χ0n) is 14.5. The highest BCUT2D eigenvalue weighted by molar-refractivity contribution is 5.91. The molecule has 3 rings (SSSR count). The van der Waals surface area contributed by atoms with Crippen LogP contribution in [-0.2, 0) is 4.79 Å². The molecule has 2 fully saturated rings. The minimum absolute atomic E-state index is 0.0155. The van der Waals surface area contributed by atoms with Gasteiger partial charge >= 0.3 is 0 Å². The first kappa shape index (κ1) is 17.0. The molecule has 2 saturated heterocycles. The topological polar surface area (TPSA) is 86.9 Å². The van der Waals surface area contributed by atoms with Crippen molar-refractivity contribution in [2.75, 3.05) is 19.6 Å². The molecule has 0 saturated carbocycles. The van der Waals surface area contributed by atoms with E-state index in [1.54, 1.807) is 22.8 Å². The van der Waals surface area contributed by atoms with Gasteiger partial charge in [0.25, 0.3) is 5.91 Å². The standard InChI is InChI=1S/C17H25N3O4/c1-12(21)20-11-17(10-14(22)16(20,2)3)5-8-19(9-6-17)15(23)13-4-7-18-24-13/h4,7,14,22H,5-6,8-11H2,1-3H3. The molecule has 2 amide bonds. The second-order valence-electron chi connectivity index (χ2n) is 7.65. The van der Waals surface area contributed by atoms with E-state index in [2.05, 4.69) is 5.16 Å². The quantitative estimate of drug-likeness (QED) is 0.835. The van der Waals surface area contributed by atoms with Crippen LogP contribution in [0.2, 0.25) is 0 Å². The summed E-state index contributed by atoms with van der Waals surface area (Å²) in [5.74, 6) is 0.0851. The fourth-order valence-electron chi connectivity index (χ4n) is 3.99. The number of hydrogen-bond donors (Lipinski definition) is 1. The molecular weight excluding hydrogens is 310 g/mol. The monoisotopic (exact) mass is 335 g/mol. The Morgan fingerprint density at radius 1 is 1.33 bits per heavy atom. The highest BCUT2D eigenvalue weighted by Crippen LogP contribution is 2.45. The van der Waals surface area contributed by atoms with Crippen LogP contribution in [0.5, 0.6) is 0 Å². The van der Waals surface area contributed by atoms with Crippen molar-refractivity contribution in [3.63, 3.8) is 0 Å². The van der Waals surface area contributed by atoms with Crippen LogP contribution in [0.25, 0.3) is 0 Å². The van der Waals surface area contributed by atoms with Gasteiger partial charge in [-0.2, -0.15) is 0 Å². The number of carbonyl (C=O) groups excluding carboxylic acids is 2. The van der Waals surface area contributed by atoms with Crippen molar-refractivity contribution in [3.8, 4) is 0 Å². The summed E-state index contributed by atoms with van der Waals surface area (Å²) in [6.07, 6.45) is 3.09. The van der Waals surface area contributed by atoms with Crippen molar-refractivity contribution >= 4 is 11.8 Å². The molecule has 24 heavy (non-hydrogen) atoms. The van der Waals surface area contributed by atoms with E-state index in [-0.39, 0.29) is 23.0 Å². The zero-order chi connectivity index (χ0) is 17.5. The van der Waals surface area contributed by atoms with Gasteiger partial charge in [-0.3, -0.25) is 9.59 Å². The Hall–Kier alpha value is -1.89. The van der Waals surface area contributed by atoms with Crippen molar-refractivity contribution in [1.82, 2.24) is 15.0 Å². The predicted octanol–water partition coefficient (Wildman–Crippen LogP) is 1.29. The lowest BCUT2D eigenvalue weighted by Crippen LogP contribution is -2.64. The third-order valence-corrected chi connectivity index (χ3v) is 5.77. The van der Waals surface area contributed by atoms with Gasteiger partial charge in [-0.1, -0.05) is 5.16 Å². The Labute approximate surface area is 141 Å². The van der Waals surface area contributed by atoms with Gasteiger partial charge in [0.2, 0.25) is 11.7 Å². The summed E-state index contributed by atoms with van der Waals surface area (Å²) < 4.78 is 4.94. The predicted molar refractivity (Wildman–Crippen MR) is 86.2 cm³/mol. The number of aliphatic hydroxyl groups excluding tert-OH is 1. The molecule has 2 aliphatic rings. The van der Waals surface area contributed by atoms with Gasteiger partial charge in [-0.05, 0) is 38.5 Å². The zero-order valence-corrected chi connectivity index (χ0v) is 14.5. The highest BCUT2D eigenvalue weighted by Gasteiger charge is 2.50. The molecule has 3 heterocycles. The first-order chi connectivity index (χ1) is 11.3. The molecule has 132 valence electrons. The molecule has 1 aromatic heterocycles. The molecule has 7 nitrogen and oxygen atoms in total. The summed E-state index contributed by atoms with van der Waals surface area (Å²) in [7, 11) is 0. The highest BCUT2D eigenvalue weighted by atomic mass is 16.5. The fraction of sp³-hybridized carbons (Fsp3) is 0.706. The van der Waals surface area contributed by atoms with Crippen molar-refractivity contribution in [2.24, 2.45) is 5.41 Å². The van der Waals surface area contributed by atoms with Gasteiger partial charge < -0.3 is 19.4 Å². The second-order valence-corrected chi connectivity index (χ2v) is 7.65. The van der Waals surface area contributed by atoms with Crippen molar-refractivity contribution in [1.29, 1.82) is 0 Å². The number of likely N-dealkylation sites (tertiary alicyclic amines) is 2. The van der Waals surface area contributed by atoms with E-state index in [1.165, 1.54) is 6.20 Å². The van der Waals surface area contributed by atoms with Crippen LogP contribution in [0.4, 0.5) is 0 Å². The minimum atomic E-state index is -0.563. The first-order valence-electron chi connectivity index (χ1n) is 8.41. The fourth-order valence-corrected chi connectivity index (χ4v) is 3.99. The Balaban J connectivity index is 1.71. The van der Waals surface area contributed by atoms with Crippen LogP contribution >= 0.6 is 0 Å². The van der Waals surface area contributed by atoms with Crippen LogP contribution < -0.4 is 0 Å². The number of carbonyl (C=O) groups is 2. The van der Waals surface area contributed by atoms with Crippen LogP contribution in [0.15, 0.2) is 16.8 Å². The molecule has 1 N–H and O–H groups in total. The lowest BCUT2D eigenvalue weighted by molar-refractivity contribution is -0.156. The van der Waals surface area contributed by atoms with Gasteiger partial charge in [0, 0.05) is 32.6 Å². The van der Waals surface area contributed by atoms with E-state index in [9.17, 15) is 14.7 Å². The van der Waals surface area contributed by atoms with Crippen LogP contribution in [0.3, 0.4) is 0 Å². The average Bonchev–Trinajstić information content (AvgIpc) is 3.05. The Kier molecular flexibility index (Phi) is 4.15. The van der Waals surface area contributed by atoms with E-state index in [0.717, 1.165) is 12.8 Å². The van der Waals surface area contributed by atoms with Gasteiger partial charge in [-0.15, -0.1) is 0 Å². The summed E-state index contributed by atoms with van der Waals surface area (Å²) in [5.41, 5.74) is -0.678. The van der Waals surface area contributed by atoms with E-state index >= 15 is 0 Å². The SMILES string of the molecule is CC(=O)N1CC2(CCN(C(=O)c3ccno3)CC2)CC(O)C1(C)C. The molecule has 0 bridgehead atoms. The summed E-state index contributed by atoms with van der Waals surface area (Å²) in [6, 6.07) is 1.57. The molecule has 7 heteroatoms. The lowest BCUT2D eigenvalue weighted by atomic mass is 9.67. The van der Waals surface area contributed by atoms with Gasteiger partial charge in [0.1, 0.15) is 0 Å². The van der Waals surface area contributed by atoms with Gasteiger partial charge in [0.05, 0.1) is 17.8 Å². The van der Waals surface area contributed by atoms with Crippen molar-refractivity contribution in [2.45, 2.75) is 51.7 Å². The molecule has 1 unspecified atom stereocenters. The number of aliphatic hydroxyl groups is 1. The number of hydrogen-bond acceptors (Lipinski definition) is 5. The molecule has 1 spiro atoms. The summed E-state index contributed by atoms with van der Waals surface area (Å²) in [4.78, 5) is 27.9. The third-order valence-electron chi connectivity index (χ3n) is 5.77. The number of nitrogens with zero attached hydrogens (tertiary/aromatic N) is 3. The smallest absolute Gasteiger partial charge is 0.292 e. The second kappa shape index (κ2) is 5.88. The first-order valence-corrected chi connectivity index (χ1v) is 8.41. The normalized spacial score (nSPS) is 25.8. The third kappa shape index (κ3) is 2.81. The Morgan fingerprint density at radius 3 is 2.54 bits per heavy atom. The van der Waals surface area contributed by atoms with E-state index in [1.807, 2.05) is 13.8 Å². The van der Waals surface area contributed by atoms with Crippen molar-refractivity contribution in [3.05, 3.63) is 18.0 Å². The molecule has 1 atom stereocenters. The summed E-state index contributed by atoms with van der Waals surface area (Å²) in [5, 5.41) is 14.2.